The third kappa shape index (κ3) is 4.36. The number of anilines is 1. The summed E-state index contributed by atoms with van der Waals surface area (Å²) in [4.78, 5) is 39.1. The SMILES string of the molecule is Nc1ncnc2c1ncn2[C@@H]1O[C@H](CO)[C@](O)(C(=O)OCc2ccccc2)[C@]1(O)C(=O)OCc1ccccc1. The number of hydrogen-bond donors (Lipinski definition) is 4. The van der Waals surface area contributed by atoms with Crippen LogP contribution in [0.4, 0.5) is 5.82 Å². The Hall–Kier alpha value is -4.43. The van der Waals surface area contributed by atoms with Crippen molar-refractivity contribution in [2.75, 3.05) is 12.3 Å². The molecule has 5 N–H and O–H groups in total. The van der Waals surface area contributed by atoms with Crippen LogP contribution in [0.1, 0.15) is 17.4 Å². The molecule has 0 bridgehead atoms. The summed E-state index contributed by atoms with van der Waals surface area (Å²) in [6, 6.07) is 17.1. The summed E-state index contributed by atoms with van der Waals surface area (Å²) in [5.74, 6) is -2.82. The minimum atomic E-state index is -3.13. The van der Waals surface area contributed by atoms with Gasteiger partial charge in [-0.1, -0.05) is 60.7 Å². The second-order valence-electron chi connectivity index (χ2n) is 8.90. The van der Waals surface area contributed by atoms with Gasteiger partial charge in [-0.3, -0.25) is 4.57 Å². The van der Waals surface area contributed by atoms with Gasteiger partial charge in [0.1, 0.15) is 31.2 Å². The molecule has 2 aromatic carbocycles. The van der Waals surface area contributed by atoms with Crippen molar-refractivity contribution >= 4 is 28.9 Å². The minimum absolute atomic E-state index is 0.00295. The Balaban J connectivity index is 1.56. The molecule has 0 amide bonds. The van der Waals surface area contributed by atoms with E-state index in [1.54, 1.807) is 60.7 Å². The van der Waals surface area contributed by atoms with E-state index in [0.717, 1.165) is 17.2 Å². The maximum Gasteiger partial charge on any atom is 0.347 e. The molecule has 0 saturated carbocycles. The molecule has 4 aromatic rings. The molecule has 13 heteroatoms. The highest BCUT2D eigenvalue weighted by Crippen LogP contribution is 2.48. The molecule has 5 rings (SSSR count). The number of carbonyl (C=O) groups excluding carboxylic acids is 2. The summed E-state index contributed by atoms with van der Waals surface area (Å²) in [6.45, 7) is -1.56. The van der Waals surface area contributed by atoms with E-state index in [2.05, 4.69) is 15.0 Å². The summed E-state index contributed by atoms with van der Waals surface area (Å²) in [5.41, 5.74) is 0.933. The van der Waals surface area contributed by atoms with Crippen molar-refractivity contribution in [1.82, 2.24) is 19.5 Å². The van der Waals surface area contributed by atoms with E-state index in [-0.39, 0.29) is 30.2 Å². The topological polar surface area (TPSA) is 192 Å². The second kappa shape index (κ2) is 10.4. The molecule has 0 radical (unpaired) electrons. The van der Waals surface area contributed by atoms with E-state index in [1.165, 1.54) is 0 Å². The van der Waals surface area contributed by atoms with Crippen molar-refractivity contribution in [3.05, 3.63) is 84.4 Å². The Bertz CT molecular complexity index is 1480. The zero-order chi connectivity index (χ0) is 27.6. The van der Waals surface area contributed by atoms with Gasteiger partial charge in [-0.2, -0.15) is 0 Å². The number of fused-ring (bicyclic) bond motifs is 1. The van der Waals surface area contributed by atoms with Crippen LogP contribution in [-0.4, -0.2) is 70.7 Å². The monoisotopic (exact) mass is 535 g/mol. The number of ether oxygens (including phenoxy) is 3. The van der Waals surface area contributed by atoms with E-state index in [4.69, 9.17) is 19.9 Å². The molecule has 1 aliphatic rings. The van der Waals surface area contributed by atoms with Gasteiger partial charge in [0.15, 0.2) is 17.7 Å². The fourth-order valence-corrected chi connectivity index (χ4v) is 4.48. The van der Waals surface area contributed by atoms with Gasteiger partial charge < -0.3 is 35.3 Å². The first-order chi connectivity index (χ1) is 18.8. The zero-order valence-corrected chi connectivity index (χ0v) is 20.5. The lowest BCUT2D eigenvalue weighted by atomic mass is 9.79. The summed E-state index contributed by atoms with van der Waals surface area (Å²) in [7, 11) is 0. The molecular weight excluding hydrogens is 510 g/mol. The number of imidazole rings is 1. The Labute approximate surface area is 221 Å². The molecule has 1 saturated heterocycles. The quantitative estimate of drug-likeness (QED) is 0.225. The number of carbonyl (C=O) groups is 2. The number of aromatic nitrogens is 4. The Morgan fingerprint density at radius 1 is 0.897 bits per heavy atom. The number of aliphatic hydroxyl groups is 3. The number of hydrogen-bond acceptors (Lipinski definition) is 12. The van der Waals surface area contributed by atoms with Crippen LogP contribution in [0.5, 0.6) is 0 Å². The fourth-order valence-electron chi connectivity index (χ4n) is 4.48. The first-order valence-electron chi connectivity index (χ1n) is 11.9. The maximum atomic E-state index is 13.6. The smallest absolute Gasteiger partial charge is 0.347 e. The van der Waals surface area contributed by atoms with Gasteiger partial charge in [0.05, 0.1) is 12.9 Å². The summed E-state index contributed by atoms with van der Waals surface area (Å²) < 4.78 is 17.5. The number of nitrogen functional groups attached to an aromatic ring is 1. The van der Waals surface area contributed by atoms with E-state index < -0.39 is 42.1 Å². The van der Waals surface area contributed by atoms with E-state index in [9.17, 15) is 24.9 Å². The normalized spacial score (nSPS) is 24.5. The van der Waals surface area contributed by atoms with E-state index in [1.807, 2.05) is 0 Å². The molecular formula is C26H25N5O8. The molecule has 3 heterocycles. The zero-order valence-electron chi connectivity index (χ0n) is 20.5. The third-order valence-corrected chi connectivity index (χ3v) is 6.55. The Kier molecular flexibility index (Phi) is 6.97. The van der Waals surface area contributed by atoms with Gasteiger partial charge in [-0.25, -0.2) is 24.5 Å². The standard InChI is InChI=1S/C26H25N5O8/c27-20-19-21(29-14-28-20)31(15-30-19)22-26(36,24(34)38-13-17-9-5-2-6-10-17)25(35,18(11-32)39-22)23(33)37-12-16-7-3-1-4-8-16/h1-10,14-15,18,22,32,35-36H,11-13H2,(H2,27,28,29)/t18-,22-,25+,26-/m1/s1. The highest BCUT2D eigenvalue weighted by molar-refractivity contribution is 5.94. The van der Waals surface area contributed by atoms with Gasteiger partial charge in [-0.15, -0.1) is 0 Å². The number of nitrogens with two attached hydrogens (primary N) is 1. The fraction of sp³-hybridized carbons (Fsp3) is 0.269. The Morgan fingerprint density at radius 3 is 2.03 bits per heavy atom. The number of rotatable bonds is 8. The van der Waals surface area contributed by atoms with Crippen molar-refractivity contribution in [2.45, 2.75) is 36.7 Å². The van der Waals surface area contributed by atoms with Crippen molar-refractivity contribution < 1.29 is 39.1 Å². The minimum Gasteiger partial charge on any atom is -0.459 e. The van der Waals surface area contributed by atoms with E-state index in [0.29, 0.717) is 11.1 Å². The first-order valence-corrected chi connectivity index (χ1v) is 11.9. The number of benzene rings is 2. The predicted molar refractivity (Wildman–Crippen MR) is 133 cm³/mol. The molecule has 1 aliphatic heterocycles. The lowest BCUT2D eigenvalue weighted by molar-refractivity contribution is -0.216. The molecule has 2 aromatic heterocycles. The van der Waals surface area contributed by atoms with Crippen LogP contribution in [0.25, 0.3) is 11.2 Å². The van der Waals surface area contributed by atoms with Crippen LogP contribution in [0.15, 0.2) is 73.3 Å². The molecule has 0 spiro atoms. The van der Waals surface area contributed by atoms with Crippen molar-refractivity contribution in [3.63, 3.8) is 0 Å². The molecule has 202 valence electrons. The lowest BCUT2D eigenvalue weighted by Crippen LogP contribution is -2.68. The lowest BCUT2D eigenvalue weighted by Gasteiger charge is -2.36. The average Bonchev–Trinajstić information content (AvgIpc) is 3.49. The number of esters is 2. The number of nitrogens with zero attached hydrogens (tertiary/aromatic N) is 4. The van der Waals surface area contributed by atoms with Crippen LogP contribution in [0, 0.1) is 0 Å². The van der Waals surface area contributed by atoms with Gasteiger partial charge in [-0.05, 0) is 11.1 Å². The highest BCUT2D eigenvalue weighted by Gasteiger charge is 2.76. The van der Waals surface area contributed by atoms with Crippen molar-refractivity contribution in [2.24, 2.45) is 0 Å². The summed E-state index contributed by atoms with van der Waals surface area (Å²) >= 11 is 0. The van der Waals surface area contributed by atoms with Gasteiger partial charge in [0.25, 0.3) is 5.60 Å². The molecule has 4 atom stereocenters. The van der Waals surface area contributed by atoms with E-state index >= 15 is 0 Å². The maximum absolute atomic E-state index is 13.6. The Morgan fingerprint density at radius 2 is 1.46 bits per heavy atom. The van der Waals surface area contributed by atoms with Crippen LogP contribution in [0.2, 0.25) is 0 Å². The van der Waals surface area contributed by atoms with Crippen molar-refractivity contribution in [3.8, 4) is 0 Å². The number of aliphatic hydroxyl groups excluding tert-OH is 1. The molecule has 0 aliphatic carbocycles. The second-order valence-corrected chi connectivity index (χ2v) is 8.90. The molecule has 39 heavy (non-hydrogen) atoms. The van der Waals surface area contributed by atoms with Gasteiger partial charge in [0, 0.05) is 0 Å². The molecule has 13 nitrogen and oxygen atoms in total. The third-order valence-electron chi connectivity index (χ3n) is 6.55. The van der Waals surface area contributed by atoms with Crippen molar-refractivity contribution in [1.29, 1.82) is 0 Å². The average molecular weight is 536 g/mol. The highest BCUT2D eigenvalue weighted by atomic mass is 16.6. The van der Waals surface area contributed by atoms with Crippen LogP contribution < -0.4 is 5.73 Å². The first kappa shape index (κ1) is 26.2. The predicted octanol–water partition coefficient (Wildman–Crippen LogP) is 0.247. The van der Waals surface area contributed by atoms with Crippen LogP contribution in [0.3, 0.4) is 0 Å². The summed E-state index contributed by atoms with van der Waals surface area (Å²) in [5, 5.41) is 33.9. The van der Waals surface area contributed by atoms with Gasteiger partial charge >= 0.3 is 11.9 Å². The molecule has 0 unspecified atom stereocenters. The van der Waals surface area contributed by atoms with Crippen LogP contribution >= 0.6 is 0 Å². The van der Waals surface area contributed by atoms with Crippen LogP contribution in [-0.2, 0) is 37.0 Å². The summed E-state index contributed by atoms with van der Waals surface area (Å²) in [6.07, 6.45) is -1.38. The largest absolute Gasteiger partial charge is 0.459 e. The van der Waals surface area contributed by atoms with Gasteiger partial charge in [0.2, 0.25) is 5.60 Å². The molecule has 1 fully saturated rings.